The van der Waals surface area contributed by atoms with E-state index >= 15 is 0 Å². The Morgan fingerprint density at radius 3 is 2.23 bits per heavy atom. The van der Waals surface area contributed by atoms with Crippen molar-refractivity contribution in [1.29, 1.82) is 0 Å². The highest BCUT2D eigenvalue weighted by molar-refractivity contribution is 6.59. The quantitative estimate of drug-likeness (QED) is 0.480. The van der Waals surface area contributed by atoms with Crippen molar-refractivity contribution in [3.05, 3.63) is 0 Å². The molecule has 0 bridgehead atoms. The van der Waals surface area contributed by atoms with Gasteiger partial charge in [0.2, 0.25) is 0 Å². The first-order valence-corrected chi connectivity index (χ1v) is 6.33. The fourth-order valence-corrected chi connectivity index (χ4v) is 2.32. The molecule has 0 aliphatic rings. The number of hydrogen-bond donors (Lipinski definition) is 3. The van der Waals surface area contributed by atoms with E-state index in [0.29, 0.717) is 19.0 Å². The van der Waals surface area contributed by atoms with E-state index in [4.69, 9.17) is 20.3 Å². The van der Waals surface area contributed by atoms with Crippen LogP contribution in [0.2, 0.25) is 6.04 Å². The van der Waals surface area contributed by atoms with Crippen molar-refractivity contribution in [2.75, 3.05) is 20.8 Å². The summed E-state index contributed by atoms with van der Waals surface area (Å²) in [6.07, 6.45) is 1.44. The minimum atomic E-state index is -2.91. The van der Waals surface area contributed by atoms with Gasteiger partial charge in [-0.1, -0.05) is 0 Å². The molecule has 0 saturated carbocycles. The minimum absolute atomic E-state index is 0.0225. The molecule has 0 rings (SSSR count). The van der Waals surface area contributed by atoms with E-state index in [9.17, 15) is 4.80 Å². The zero-order valence-electron chi connectivity index (χ0n) is 8.32. The van der Waals surface area contributed by atoms with Gasteiger partial charge in [0.05, 0.1) is 0 Å². The van der Waals surface area contributed by atoms with Crippen LogP contribution in [0, 0.1) is 0 Å². The molecule has 0 spiro atoms. The molecular formula is C7H20N2O3Si. The van der Waals surface area contributed by atoms with Crippen LogP contribution in [0.1, 0.15) is 12.8 Å². The van der Waals surface area contributed by atoms with Crippen LogP contribution >= 0.6 is 0 Å². The first-order valence-electron chi connectivity index (χ1n) is 4.36. The molecule has 0 aliphatic heterocycles. The van der Waals surface area contributed by atoms with Gasteiger partial charge in [0.15, 0.2) is 0 Å². The average molecular weight is 208 g/mol. The lowest BCUT2D eigenvalue weighted by molar-refractivity contribution is 0.149. The van der Waals surface area contributed by atoms with Gasteiger partial charge in [-0.25, -0.2) is 0 Å². The molecule has 0 amide bonds. The summed E-state index contributed by atoms with van der Waals surface area (Å²) in [5.41, 5.74) is 11.1. The van der Waals surface area contributed by atoms with Crippen molar-refractivity contribution in [3.8, 4) is 0 Å². The molecule has 80 valence electrons. The molecule has 0 saturated heterocycles. The molecule has 1 unspecified atom stereocenters. The predicted octanol–water partition coefficient (Wildman–Crippen LogP) is -0.723. The van der Waals surface area contributed by atoms with Crippen LogP contribution in [0.4, 0.5) is 0 Å². The maximum atomic E-state index is 9.65. The summed E-state index contributed by atoms with van der Waals surface area (Å²) in [4.78, 5) is 9.65. The summed E-state index contributed by atoms with van der Waals surface area (Å²) >= 11 is 0. The van der Waals surface area contributed by atoms with Crippen molar-refractivity contribution >= 4 is 8.80 Å². The zero-order valence-corrected chi connectivity index (χ0v) is 9.32. The Hall–Kier alpha value is 0.0169. The van der Waals surface area contributed by atoms with Crippen LogP contribution in [-0.2, 0) is 8.85 Å². The summed E-state index contributed by atoms with van der Waals surface area (Å²) in [6, 6.07) is 0.510. The molecule has 13 heavy (non-hydrogen) atoms. The predicted molar refractivity (Wildman–Crippen MR) is 53.1 cm³/mol. The fraction of sp³-hybridized carbons (Fsp3) is 1.00. The van der Waals surface area contributed by atoms with Crippen molar-refractivity contribution < 1.29 is 13.6 Å². The third-order valence-electron chi connectivity index (χ3n) is 2.01. The summed E-state index contributed by atoms with van der Waals surface area (Å²) in [5.74, 6) is 0. The largest absolute Gasteiger partial charge is 0.497 e. The Balaban J connectivity index is 3.71. The molecule has 5 nitrogen and oxygen atoms in total. The molecule has 0 radical (unpaired) electrons. The standard InChI is InChI=1S/C7H20N2O3Si/c1-11-13(10,12-2)6-4-7(9)3-5-8/h7,10H,3-6,8-9H2,1-2H3. The molecule has 0 aromatic carbocycles. The van der Waals surface area contributed by atoms with Crippen molar-refractivity contribution in [2.45, 2.75) is 24.9 Å². The number of rotatable bonds is 7. The highest BCUT2D eigenvalue weighted by atomic mass is 28.4. The minimum Gasteiger partial charge on any atom is -0.390 e. The van der Waals surface area contributed by atoms with E-state index in [1.807, 2.05) is 0 Å². The van der Waals surface area contributed by atoms with Gasteiger partial charge in [0.25, 0.3) is 0 Å². The van der Waals surface area contributed by atoms with Crippen LogP contribution in [0.5, 0.6) is 0 Å². The molecular weight excluding hydrogens is 188 g/mol. The highest BCUT2D eigenvalue weighted by Gasteiger charge is 2.34. The number of nitrogens with two attached hydrogens (primary N) is 2. The van der Waals surface area contributed by atoms with E-state index in [1.54, 1.807) is 0 Å². The number of hydrogen-bond acceptors (Lipinski definition) is 5. The topological polar surface area (TPSA) is 90.7 Å². The first kappa shape index (κ1) is 13.0. The third-order valence-corrected chi connectivity index (χ3v) is 4.20. The second kappa shape index (κ2) is 6.47. The van der Waals surface area contributed by atoms with Gasteiger partial charge in [-0.2, -0.15) is 0 Å². The highest BCUT2D eigenvalue weighted by Crippen LogP contribution is 2.12. The van der Waals surface area contributed by atoms with Crippen LogP contribution in [0.25, 0.3) is 0 Å². The lowest BCUT2D eigenvalue weighted by Crippen LogP contribution is -2.41. The first-order chi connectivity index (χ1) is 6.08. The van der Waals surface area contributed by atoms with Crippen LogP contribution in [-0.4, -0.2) is 40.4 Å². The van der Waals surface area contributed by atoms with E-state index in [1.165, 1.54) is 14.2 Å². The fourth-order valence-electron chi connectivity index (χ4n) is 1.01. The Morgan fingerprint density at radius 2 is 1.85 bits per heavy atom. The van der Waals surface area contributed by atoms with Crippen LogP contribution < -0.4 is 11.5 Å². The monoisotopic (exact) mass is 208 g/mol. The van der Waals surface area contributed by atoms with Gasteiger partial charge in [-0.15, -0.1) is 0 Å². The Morgan fingerprint density at radius 1 is 1.31 bits per heavy atom. The third kappa shape index (κ3) is 5.35. The van der Waals surface area contributed by atoms with E-state index in [-0.39, 0.29) is 6.04 Å². The molecule has 1 atom stereocenters. The second-order valence-electron chi connectivity index (χ2n) is 3.00. The van der Waals surface area contributed by atoms with Crippen molar-refractivity contribution in [2.24, 2.45) is 11.5 Å². The average Bonchev–Trinajstić information content (AvgIpc) is 2.15. The molecule has 6 heteroatoms. The lowest BCUT2D eigenvalue weighted by atomic mass is 10.2. The summed E-state index contributed by atoms with van der Waals surface area (Å²) < 4.78 is 9.80. The summed E-state index contributed by atoms with van der Waals surface area (Å²) in [6.45, 7) is 0.571. The molecule has 0 fully saturated rings. The van der Waals surface area contributed by atoms with Gasteiger partial charge < -0.3 is 25.1 Å². The second-order valence-corrected chi connectivity index (χ2v) is 5.74. The van der Waals surface area contributed by atoms with E-state index in [2.05, 4.69) is 0 Å². The summed E-state index contributed by atoms with van der Waals surface area (Å²) in [7, 11) is -0.0128. The smallest absolute Gasteiger partial charge is 0.390 e. The van der Waals surface area contributed by atoms with Crippen molar-refractivity contribution in [3.63, 3.8) is 0 Å². The molecule has 0 aromatic heterocycles. The molecule has 0 aliphatic carbocycles. The van der Waals surface area contributed by atoms with Gasteiger partial charge in [0, 0.05) is 26.3 Å². The molecule has 0 aromatic rings. The molecule has 0 heterocycles. The SMILES string of the molecule is CO[Si](O)(CCC(N)CCN)OC. The maximum Gasteiger partial charge on any atom is 0.497 e. The van der Waals surface area contributed by atoms with Crippen molar-refractivity contribution in [1.82, 2.24) is 0 Å². The van der Waals surface area contributed by atoms with Crippen LogP contribution in [0.3, 0.4) is 0 Å². The van der Waals surface area contributed by atoms with Gasteiger partial charge in [-0.05, 0) is 19.4 Å². The van der Waals surface area contributed by atoms with E-state index in [0.717, 1.165) is 6.42 Å². The van der Waals surface area contributed by atoms with E-state index < -0.39 is 8.80 Å². The Labute approximate surface area is 80.4 Å². The van der Waals surface area contributed by atoms with Gasteiger partial charge in [0.1, 0.15) is 0 Å². The summed E-state index contributed by atoms with van der Waals surface area (Å²) in [5, 5.41) is 0. The zero-order chi connectivity index (χ0) is 10.3. The Kier molecular flexibility index (Phi) is 6.48. The van der Waals surface area contributed by atoms with Gasteiger partial charge in [-0.3, -0.25) is 0 Å². The lowest BCUT2D eigenvalue weighted by Gasteiger charge is -2.21. The maximum absolute atomic E-state index is 9.65. The Bertz CT molecular complexity index is 133. The molecule has 5 N–H and O–H groups in total. The van der Waals surface area contributed by atoms with Crippen LogP contribution in [0.15, 0.2) is 0 Å². The van der Waals surface area contributed by atoms with Gasteiger partial charge >= 0.3 is 8.80 Å². The normalized spacial score (nSPS) is 14.5.